The van der Waals surface area contributed by atoms with E-state index in [2.05, 4.69) is 33.3 Å². The number of amides is 1. The highest BCUT2D eigenvalue weighted by Crippen LogP contribution is 2.30. The fourth-order valence-corrected chi connectivity index (χ4v) is 4.44. The van der Waals surface area contributed by atoms with Gasteiger partial charge in [-0.15, -0.1) is 11.3 Å². The second kappa shape index (κ2) is 7.28. The van der Waals surface area contributed by atoms with Crippen molar-refractivity contribution in [3.8, 4) is 5.75 Å². The molecular formula is C19H23N5O2S. The number of aromatic nitrogens is 3. The van der Waals surface area contributed by atoms with Crippen LogP contribution < -0.4 is 10.1 Å². The van der Waals surface area contributed by atoms with Gasteiger partial charge >= 0.3 is 0 Å². The number of carbonyl (C=O) groups excluding carboxylic acids is 1. The Bertz CT molecular complexity index is 966. The number of hydrogen-bond acceptors (Lipinski definition) is 6. The second-order valence-electron chi connectivity index (χ2n) is 7.06. The van der Waals surface area contributed by atoms with Gasteiger partial charge in [0, 0.05) is 62.2 Å². The normalized spacial score (nSPS) is 20.3. The number of carbonyl (C=O) groups is 1. The van der Waals surface area contributed by atoms with Crippen molar-refractivity contribution >= 4 is 33.3 Å². The van der Waals surface area contributed by atoms with Crippen molar-refractivity contribution in [1.82, 2.24) is 19.7 Å². The Morgan fingerprint density at radius 3 is 3.11 bits per heavy atom. The molecule has 7 nitrogen and oxygen atoms in total. The zero-order chi connectivity index (χ0) is 19.0. The molecule has 0 saturated carbocycles. The fourth-order valence-electron chi connectivity index (χ4n) is 3.55. The van der Waals surface area contributed by atoms with Gasteiger partial charge in [0.15, 0.2) is 5.13 Å². The molecule has 0 bridgehead atoms. The Balaban J connectivity index is 1.42. The number of nitrogens with zero attached hydrogens (tertiary/aromatic N) is 4. The van der Waals surface area contributed by atoms with Crippen LogP contribution in [0.2, 0.25) is 0 Å². The number of likely N-dealkylation sites (tertiary alicyclic amines) is 1. The zero-order valence-electron chi connectivity index (χ0n) is 15.7. The van der Waals surface area contributed by atoms with Crippen molar-refractivity contribution in [2.75, 3.05) is 11.9 Å². The first kappa shape index (κ1) is 17.9. The molecule has 3 heterocycles. The third-order valence-electron chi connectivity index (χ3n) is 4.77. The fraction of sp³-hybridized carbons (Fsp3) is 0.421. The number of aryl methyl sites for hydroxylation is 1. The van der Waals surface area contributed by atoms with E-state index in [1.54, 1.807) is 0 Å². The topological polar surface area (TPSA) is 72.3 Å². The minimum absolute atomic E-state index is 0.0948. The van der Waals surface area contributed by atoms with Gasteiger partial charge in [0.1, 0.15) is 17.4 Å². The molecule has 1 aliphatic heterocycles. The van der Waals surface area contributed by atoms with Crippen LogP contribution in [0.3, 0.4) is 0 Å². The molecule has 3 aromatic rings. The molecule has 142 valence electrons. The Kier molecular flexibility index (Phi) is 4.84. The molecule has 0 aliphatic carbocycles. The van der Waals surface area contributed by atoms with Gasteiger partial charge in [-0.3, -0.25) is 14.4 Å². The number of thiazole rings is 1. The van der Waals surface area contributed by atoms with Crippen LogP contribution in [0.15, 0.2) is 30.6 Å². The standard InChI is InChI=1S/C19H23N5O2S/c1-12-7-15(26-17-6-4-5-14-9-23(3)22-18(14)17)10-24(12)11-16-8-20-19(27-16)21-13(2)25/h4-6,8-9,12,15H,7,10-11H2,1-3H3,(H,20,21,25)/t12-,15+/m0/s1. The molecule has 1 amide bonds. The number of fused-ring (bicyclic) bond motifs is 1. The van der Waals surface area contributed by atoms with E-state index in [4.69, 9.17) is 4.74 Å². The van der Waals surface area contributed by atoms with E-state index in [0.29, 0.717) is 11.2 Å². The third-order valence-corrected chi connectivity index (χ3v) is 5.67. The summed E-state index contributed by atoms with van der Waals surface area (Å²) >= 11 is 1.52. The van der Waals surface area contributed by atoms with Crippen LogP contribution in [0.5, 0.6) is 5.75 Å². The number of anilines is 1. The third kappa shape index (κ3) is 3.96. The first-order valence-electron chi connectivity index (χ1n) is 9.03. The monoisotopic (exact) mass is 385 g/mol. The smallest absolute Gasteiger partial charge is 0.223 e. The Hall–Kier alpha value is -2.45. The molecule has 1 fully saturated rings. The molecule has 0 unspecified atom stereocenters. The van der Waals surface area contributed by atoms with Crippen LogP contribution in [0.4, 0.5) is 5.13 Å². The predicted octanol–water partition coefficient (Wildman–Crippen LogP) is 3.03. The molecule has 2 atom stereocenters. The van der Waals surface area contributed by atoms with Crippen LogP contribution >= 0.6 is 11.3 Å². The largest absolute Gasteiger partial charge is 0.487 e. The van der Waals surface area contributed by atoms with Crippen LogP contribution in [0.1, 0.15) is 25.1 Å². The number of ether oxygens (including phenoxy) is 1. The molecule has 1 saturated heterocycles. The highest BCUT2D eigenvalue weighted by atomic mass is 32.1. The molecule has 1 aliphatic rings. The van der Waals surface area contributed by atoms with Crippen molar-refractivity contribution in [3.05, 3.63) is 35.5 Å². The summed E-state index contributed by atoms with van der Waals surface area (Å²) in [6.07, 6.45) is 4.95. The molecule has 0 radical (unpaired) electrons. The van der Waals surface area contributed by atoms with E-state index in [1.807, 2.05) is 36.3 Å². The molecule has 2 aromatic heterocycles. The molecular weight excluding hydrogens is 362 g/mol. The molecule has 27 heavy (non-hydrogen) atoms. The van der Waals surface area contributed by atoms with Crippen molar-refractivity contribution < 1.29 is 9.53 Å². The summed E-state index contributed by atoms with van der Waals surface area (Å²) in [7, 11) is 1.92. The summed E-state index contributed by atoms with van der Waals surface area (Å²) in [5.74, 6) is 0.750. The summed E-state index contributed by atoms with van der Waals surface area (Å²) < 4.78 is 8.13. The van der Waals surface area contributed by atoms with Crippen LogP contribution in [-0.2, 0) is 18.4 Å². The van der Waals surface area contributed by atoms with Gasteiger partial charge in [0.25, 0.3) is 0 Å². The van der Waals surface area contributed by atoms with E-state index < -0.39 is 0 Å². The lowest BCUT2D eigenvalue weighted by Gasteiger charge is -2.19. The van der Waals surface area contributed by atoms with Gasteiger partial charge in [-0.25, -0.2) is 4.98 Å². The van der Waals surface area contributed by atoms with Crippen molar-refractivity contribution in [1.29, 1.82) is 0 Å². The summed E-state index contributed by atoms with van der Waals surface area (Å²) in [5, 5.41) is 9.00. The highest BCUT2D eigenvalue weighted by molar-refractivity contribution is 7.15. The minimum Gasteiger partial charge on any atom is -0.487 e. The molecule has 1 aromatic carbocycles. The lowest BCUT2D eigenvalue weighted by Crippen LogP contribution is -2.27. The number of nitrogens with one attached hydrogen (secondary N) is 1. The quantitative estimate of drug-likeness (QED) is 0.731. The minimum atomic E-state index is -0.0948. The van der Waals surface area contributed by atoms with E-state index >= 15 is 0 Å². The first-order valence-corrected chi connectivity index (χ1v) is 9.85. The Morgan fingerprint density at radius 1 is 1.44 bits per heavy atom. The summed E-state index contributed by atoms with van der Waals surface area (Å²) in [6.45, 7) is 5.39. The van der Waals surface area contributed by atoms with Gasteiger partial charge in [0.2, 0.25) is 5.91 Å². The summed E-state index contributed by atoms with van der Waals surface area (Å²) in [5.41, 5.74) is 0.911. The van der Waals surface area contributed by atoms with E-state index in [-0.39, 0.29) is 12.0 Å². The average Bonchev–Trinajstić information content (AvgIpc) is 3.27. The predicted molar refractivity (Wildman–Crippen MR) is 106 cm³/mol. The van der Waals surface area contributed by atoms with Crippen LogP contribution in [0, 0.1) is 0 Å². The van der Waals surface area contributed by atoms with Gasteiger partial charge < -0.3 is 10.1 Å². The number of hydrogen-bond donors (Lipinski definition) is 1. The van der Waals surface area contributed by atoms with Crippen molar-refractivity contribution in [2.45, 2.75) is 39.0 Å². The number of benzene rings is 1. The van der Waals surface area contributed by atoms with Crippen molar-refractivity contribution in [2.24, 2.45) is 7.05 Å². The maximum atomic E-state index is 11.2. The summed E-state index contributed by atoms with van der Waals surface area (Å²) in [4.78, 5) is 19.0. The van der Waals surface area contributed by atoms with E-state index in [9.17, 15) is 4.79 Å². The maximum absolute atomic E-state index is 11.2. The van der Waals surface area contributed by atoms with Gasteiger partial charge in [-0.2, -0.15) is 5.10 Å². The first-order chi connectivity index (χ1) is 13.0. The maximum Gasteiger partial charge on any atom is 0.223 e. The molecule has 8 heteroatoms. The SMILES string of the molecule is CC(=O)Nc1ncc(CN2C[C@H](Oc3cccc4cn(C)nc34)C[C@@H]2C)s1. The van der Waals surface area contributed by atoms with Crippen LogP contribution in [0.25, 0.3) is 10.9 Å². The Morgan fingerprint density at radius 2 is 2.30 bits per heavy atom. The van der Waals surface area contributed by atoms with Crippen molar-refractivity contribution in [3.63, 3.8) is 0 Å². The molecule has 0 spiro atoms. The van der Waals surface area contributed by atoms with Crippen LogP contribution in [-0.4, -0.2) is 44.3 Å². The van der Waals surface area contributed by atoms with E-state index in [0.717, 1.165) is 41.0 Å². The summed E-state index contributed by atoms with van der Waals surface area (Å²) in [6, 6.07) is 6.47. The molecule has 1 N–H and O–H groups in total. The molecule has 4 rings (SSSR count). The lowest BCUT2D eigenvalue weighted by atomic mass is 10.2. The second-order valence-corrected chi connectivity index (χ2v) is 8.18. The van der Waals surface area contributed by atoms with Gasteiger partial charge in [-0.05, 0) is 13.0 Å². The van der Waals surface area contributed by atoms with Gasteiger partial charge in [0.05, 0.1) is 0 Å². The van der Waals surface area contributed by atoms with E-state index in [1.165, 1.54) is 18.3 Å². The lowest BCUT2D eigenvalue weighted by molar-refractivity contribution is -0.114. The number of rotatable bonds is 5. The zero-order valence-corrected chi connectivity index (χ0v) is 16.5. The highest BCUT2D eigenvalue weighted by Gasteiger charge is 2.31. The Labute approximate surface area is 162 Å². The van der Waals surface area contributed by atoms with Gasteiger partial charge in [-0.1, -0.05) is 12.1 Å². The average molecular weight is 385 g/mol.